The molecule has 6 nitrogen and oxygen atoms in total. The number of hydrogen-bond acceptors (Lipinski definition) is 4. The highest BCUT2D eigenvalue weighted by Gasteiger charge is 2.28. The van der Waals surface area contributed by atoms with Crippen LogP contribution in [0.4, 0.5) is 5.69 Å². The zero-order valence-corrected chi connectivity index (χ0v) is 18.4. The van der Waals surface area contributed by atoms with Crippen LogP contribution in [0.15, 0.2) is 47.4 Å². The van der Waals surface area contributed by atoms with Gasteiger partial charge in [0.15, 0.2) is 0 Å². The molecule has 1 fully saturated rings. The summed E-state index contributed by atoms with van der Waals surface area (Å²) in [5, 5.41) is 0. The van der Waals surface area contributed by atoms with Crippen LogP contribution in [0.25, 0.3) is 0 Å². The Morgan fingerprint density at radius 1 is 1.03 bits per heavy atom. The first-order valence-electron chi connectivity index (χ1n) is 9.92. The number of benzene rings is 2. The Morgan fingerprint density at radius 3 is 2.34 bits per heavy atom. The number of hydrogen-bond donors (Lipinski definition) is 0. The van der Waals surface area contributed by atoms with Gasteiger partial charge in [-0.25, -0.2) is 8.42 Å². The number of aryl methyl sites for hydroxylation is 2. The number of carbonyl (C=O) groups excluding carboxylic acids is 1. The van der Waals surface area contributed by atoms with Gasteiger partial charge in [0.1, 0.15) is 0 Å². The highest BCUT2D eigenvalue weighted by molar-refractivity contribution is 7.89. The second-order valence-electron chi connectivity index (χ2n) is 7.57. The SMILES string of the molecule is CCN(C(=O)c1cccc(S(=O)(=O)N2CCN(C)CC2)c1)c1ccc(C)cc1C. The Labute approximate surface area is 173 Å². The molecule has 3 rings (SSSR count). The first kappa shape index (κ1) is 21.5. The number of amides is 1. The monoisotopic (exact) mass is 415 g/mol. The fourth-order valence-corrected chi connectivity index (χ4v) is 5.12. The maximum Gasteiger partial charge on any atom is 0.258 e. The van der Waals surface area contributed by atoms with Crippen LogP contribution in [-0.4, -0.2) is 63.3 Å². The first-order valence-corrected chi connectivity index (χ1v) is 11.4. The van der Waals surface area contributed by atoms with Crippen molar-refractivity contribution >= 4 is 21.6 Å². The fourth-order valence-electron chi connectivity index (χ4n) is 3.65. The van der Waals surface area contributed by atoms with Gasteiger partial charge in [-0.05, 0) is 57.6 Å². The van der Waals surface area contributed by atoms with Gasteiger partial charge in [0, 0.05) is 44.0 Å². The summed E-state index contributed by atoms with van der Waals surface area (Å²) in [6, 6.07) is 12.4. The summed E-state index contributed by atoms with van der Waals surface area (Å²) in [5.41, 5.74) is 3.37. The Hall–Kier alpha value is -2.22. The van der Waals surface area contributed by atoms with Gasteiger partial charge < -0.3 is 9.80 Å². The first-order chi connectivity index (χ1) is 13.7. The largest absolute Gasteiger partial charge is 0.308 e. The lowest BCUT2D eigenvalue weighted by molar-refractivity contribution is 0.0988. The zero-order valence-electron chi connectivity index (χ0n) is 17.6. The lowest BCUT2D eigenvalue weighted by Gasteiger charge is -2.31. The van der Waals surface area contributed by atoms with Crippen LogP contribution in [0, 0.1) is 13.8 Å². The summed E-state index contributed by atoms with van der Waals surface area (Å²) in [4.78, 5) is 17.2. The summed E-state index contributed by atoms with van der Waals surface area (Å²) in [6.45, 7) is 8.73. The molecule has 0 bridgehead atoms. The van der Waals surface area contributed by atoms with E-state index in [-0.39, 0.29) is 10.8 Å². The molecule has 0 atom stereocenters. The Kier molecular flexibility index (Phi) is 6.41. The Bertz CT molecular complexity index is 996. The molecule has 1 amide bonds. The van der Waals surface area contributed by atoms with Crippen molar-refractivity contribution in [3.63, 3.8) is 0 Å². The molecule has 0 radical (unpaired) electrons. The van der Waals surface area contributed by atoms with Gasteiger partial charge in [0.05, 0.1) is 4.90 Å². The molecule has 2 aromatic carbocycles. The van der Waals surface area contributed by atoms with E-state index in [1.54, 1.807) is 23.1 Å². The average Bonchev–Trinajstić information content (AvgIpc) is 2.70. The topological polar surface area (TPSA) is 60.9 Å². The van der Waals surface area contributed by atoms with E-state index in [0.717, 1.165) is 16.8 Å². The molecule has 0 unspecified atom stereocenters. The van der Waals surface area contributed by atoms with Gasteiger partial charge in [0.2, 0.25) is 10.0 Å². The lowest BCUT2D eigenvalue weighted by Crippen LogP contribution is -2.47. The van der Waals surface area contributed by atoms with Crippen molar-refractivity contribution in [2.45, 2.75) is 25.7 Å². The second-order valence-corrected chi connectivity index (χ2v) is 9.51. The predicted molar refractivity (Wildman–Crippen MR) is 116 cm³/mol. The molecule has 156 valence electrons. The second kappa shape index (κ2) is 8.65. The van der Waals surface area contributed by atoms with E-state index < -0.39 is 10.0 Å². The highest BCUT2D eigenvalue weighted by atomic mass is 32.2. The molecule has 0 spiro atoms. The van der Waals surface area contributed by atoms with Gasteiger partial charge in [-0.15, -0.1) is 0 Å². The maximum atomic E-state index is 13.2. The zero-order chi connectivity index (χ0) is 21.2. The van der Waals surface area contributed by atoms with Crippen LogP contribution in [0.2, 0.25) is 0 Å². The summed E-state index contributed by atoms with van der Waals surface area (Å²) in [5.74, 6) is -0.199. The normalized spacial score (nSPS) is 16.0. The molecule has 2 aromatic rings. The number of rotatable bonds is 5. The molecule has 1 saturated heterocycles. The van der Waals surface area contributed by atoms with E-state index in [0.29, 0.717) is 38.3 Å². The molecule has 0 aromatic heterocycles. The van der Waals surface area contributed by atoms with E-state index in [9.17, 15) is 13.2 Å². The summed E-state index contributed by atoms with van der Waals surface area (Å²) >= 11 is 0. The van der Waals surface area contributed by atoms with E-state index in [1.807, 2.05) is 46.0 Å². The fraction of sp³-hybridized carbons (Fsp3) is 0.409. The van der Waals surface area contributed by atoms with Crippen molar-refractivity contribution in [2.75, 3.05) is 44.7 Å². The molecular weight excluding hydrogens is 386 g/mol. The molecule has 1 heterocycles. The van der Waals surface area contributed by atoms with Crippen LogP contribution in [0.5, 0.6) is 0 Å². The third-order valence-electron chi connectivity index (χ3n) is 5.39. The number of likely N-dealkylation sites (N-methyl/N-ethyl adjacent to an activating group) is 1. The van der Waals surface area contributed by atoms with Crippen molar-refractivity contribution in [1.29, 1.82) is 0 Å². The van der Waals surface area contributed by atoms with Crippen LogP contribution < -0.4 is 4.90 Å². The summed E-state index contributed by atoms with van der Waals surface area (Å²) in [6.07, 6.45) is 0. The minimum absolute atomic E-state index is 0.171. The van der Waals surface area contributed by atoms with Gasteiger partial charge in [-0.1, -0.05) is 23.8 Å². The minimum atomic E-state index is -3.62. The van der Waals surface area contributed by atoms with E-state index in [2.05, 4.69) is 4.90 Å². The highest BCUT2D eigenvalue weighted by Crippen LogP contribution is 2.25. The molecule has 1 aliphatic heterocycles. The number of carbonyl (C=O) groups is 1. The number of nitrogens with zero attached hydrogens (tertiary/aromatic N) is 3. The van der Waals surface area contributed by atoms with Crippen molar-refractivity contribution in [3.8, 4) is 0 Å². The van der Waals surface area contributed by atoms with Crippen LogP contribution in [0.3, 0.4) is 0 Å². The van der Waals surface area contributed by atoms with Crippen molar-refractivity contribution in [1.82, 2.24) is 9.21 Å². The van der Waals surface area contributed by atoms with Gasteiger partial charge >= 0.3 is 0 Å². The number of piperazine rings is 1. The smallest absolute Gasteiger partial charge is 0.258 e. The third kappa shape index (κ3) is 4.52. The van der Waals surface area contributed by atoms with E-state index >= 15 is 0 Å². The Balaban J connectivity index is 1.90. The van der Waals surface area contributed by atoms with Gasteiger partial charge in [-0.2, -0.15) is 4.31 Å². The molecular formula is C22H29N3O3S. The average molecular weight is 416 g/mol. The van der Waals surface area contributed by atoms with Gasteiger partial charge in [0.25, 0.3) is 5.91 Å². The molecule has 0 N–H and O–H groups in total. The summed E-state index contributed by atoms with van der Waals surface area (Å²) in [7, 11) is -1.63. The van der Waals surface area contributed by atoms with Crippen LogP contribution >= 0.6 is 0 Å². The van der Waals surface area contributed by atoms with E-state index in [4.69, 9.17) is 0 Å². The van der Waals surface area contributed by atoms with E-state index in [1.165, 1.54) is 10.4 Å². The Morgan fingerprint density at radius 2 is 1.72 bits per heavy atom. The number of anilines is 1. The molecule has 29 heavy (non-hydrogen) atoms. The molecule has 1 aliphatic rings. The third-order valence-corrected chi connectivity index (χ3v) is 7.28. The molecule has 7 heteroatoms. The van der Waals surface area contributed by atoms with Crippen LogP contribution in [-0.2, 0) is 10.0 Å². The summed E-state index contributed by atoms with van der Waals surface area (Å²) < 4.78 is 27.6. The number of sulfonamides is 1. The van der Waals surface area contributed by atoms with Crippen molar-refractivity contribution in [3.05, 3.63) is 59.2 Å². The molecule has 0 aliphatic carbocycles. The quantitative estimate of drug-likeness (QED) is 0.753. The maximum absolute atomic E-state index is 13.2. The minimum Gasteiger partial charge on any atom is -0.308 e. The van der Waals surface area contributed by atoms with Crippen LogP contribution in [0.1, 0.15) is 28.4 Å². The molecule has 0 saturated carbocycles. The van der Waals surface area contributed by atoms with Gasteiger partial charge in [-0.3, -0.25) is 4.79 Å². The van der Waals surface area contributed by atoms with Crippen molar-refractivity contribution in [2.24, 2.45) is 0 Å². The predicted octanol–water partition coefficient (Wildman–Crippen LogP) is 2.91. The van der Waals surface area contributed by atoms with Crippen molar-refractivity contribution < 1.29 is 13.2 Å². The standard InChI is InChI=1S/C22H29N3O3S/c1-5-25(21-10-9-17(2)15-18(21)3)22(26)19-7-6-8-20(16-19)29(27,28)24-13-11-23(4)12-14-24/h6-10,15-16H,5,11-14H2,1-4H3. The lowest BCUT2D eigenvalue weighted by atomic mass is 10.1.